The minimum absolute atomic E-state index is 0.00793. The Kier molecular flexibility index (Phi) is 8.23. The van der Waals surface area contributed by atoms with Gasteiger partial charge >= 0.3 is 5.69 Å². The fourth-order valence-corrected chi connectivity index (χ4v) is 3.84. The average molecular weight is 501 g/mol. The molecule has 176 valence electrons. The van der Waals surface area contributed by atoms with E-state index in [4.69, 9.17) is 27.9 Å². The molecule has 34 heavy (non-hydrogen) atoms. The zero-order valence-corrected chi connectivity index (χ0v) is 20.2. The van der Waals surface area contributed by atoms with Crippen LogP contribution in [0.4, 0.5) is 23.0 Å². The van der Waals surface area contributed by atoms with Crippen LogP contribution in [0, 0.1) is 28.4 Å². The second-order valence-electron chi connectivity index (χ2n) is 7.60. The van der Waals surface area contributed by atoms with Crippen molar-refractivity contribution in [1.29, 1.82) is 5.26 Å². The molecule has 0 spiro atoms. The second kappa shape index (κ2) is 11.1. The van der Waals surface area contributed by atoms with Crippen molar-refractivity contribution in [1.82, 2.24) is 9.97 Å². The molecule has 0 bridgehead atoms. The van der Waals surface area contributed by atoms with Gasteiger partial charge in [0.05, 0.1) is 23.5 Å². The van der Waals surface area contributed by atoms with E-state index in [1.54, 1.807) is 43.5 Å². The lowest BCUT2D eigenvalue weighted by Crippen LogP contribution is -2.22. The van der Waals surface area contributed by atoms with Gasteiger partial charge in [0.2, 0.25) is 11.6 Å². The van der Waals surface area contributed by atoms with Gasteiger partial charge in [-0.2, -0.15) is 5.26 Å². The number of benzene rings is 2. The number of nitrogens with zero attached hydrogens (tertiary/aromatic N) is 4. The molecular weight excluding hydrogens is 479 g/mol. The number of anilines is 3. The molecule has 0 saturated carbocycles. The highest BCUT2D eigenvalue weighted by Crippen LogP contribution is 2.37. The Bertz CT molecular complexity index is 1230. The Morgan fingerprint density at radius 2 is 1.88 bits per heavy atom. The van der Waals surface area contributed by atoms with Crippen LogP contribution in [0.25, 0.3) is 0 Å². The summed E-state index contributed by atoms with van der Waals surface area (Å²) in [6.07, 6.45) is 1.23. The SMILES string of the molecule is COCC(C)Nc1ncnc(Nc2cc(Cl)c(C(C#N)c3ccc(Cl)cc3)cc2C)c1[N+](=O)[O-]. The van der Waals surface area contributed by atoms with E-state index in [2.05, 4.69) is 26.7 Å². The van der Waals surface area contributed by atoms with Crippen LogP contribution in [-0.2, 0) is 4.74 Å². The molecule has 0 radical (unpaired) electrons. The van der Waals surface area contributed by atoms with Crippen molar-refractivity contribution in [3.05, 3.63) is 79.6 Å². The van der Waals surface area contributed by atoms with Crippen molar-refractivity contribution in [3.8, 4) is 6.07 Å². The van der Waals surface area contributed by atoms with Gasteiger partial charge in [0, 0.05) is 28.9 Å². The Morgan fingerprint density at radius 3 is 2.50 bits per heavy atom. The number of rotatable bonds is 9. The molecule has 11 heteroatoms. The maximum atomic E-state index is 11.8. The van der Waals surface area contributed by atoms with Gasteiger partial charge in [-0.05, 0) is 48.7 Å². The van der Waals surface area contributed by atoms with Crippen molar-refractivity contribution >= 4 is 46.2 Å². The van der Waals surface area contributed by atoms with E-state index in [-0.39, 0.29) is 23.4 Å². The molecule has 3 rings (SSSR count). The summed E-state index contributed by atoms with van der Waals surface area (Å²) < 4.78 is 5.07. The third-order valence-corrected chi connectivity index (χ3v) is 5.62. The van der Waals surface area contributed by atoms with Crippen molar-refractivity contribution in [3.63, 3.8) is 0 Å². The summed E-state index contributed by atoms with van der Waals surface area (Å²) in [6.45, 7) is 3.97. The fraction of sp³-hybridized carbons (Fsp3) is 0.261. The number of nitrogens with one attached hydrogen (secondary N) is 2. The van der Waals surface area contributed by atoms with Crippen LogP contribution in [0.5, 0.6) is 0 Å². The van der Waals surface area contributed by atoms with Crippen molar-refractivity contribution < 1.29 is 9.66 Å². The minimum Gasteiger partial charge on any atom is -0.383 e. The second-order valence-corrected chi connectivity index (χ2v) is 8.45. The van der Waals surface area contributed by atoms with Crippen LogP contribution >= 0.6 is 23.2 Å². The van der Waals surface area contributed by atoms with Gasteiger partial charge in [-0.25, -0.2) is 9.97 Å². The third-order valence-electron chi connectivity index (χ3n) is 5.04. The van der Waals surface area contributed by atoms with E-state index in [0.29, 0.717) is 27.9 Å². The summed E-state index contributed by atoms with van der Waals surface area (Å²) in [6, 6.07) is 12.4. The van der Waals surface area contributed by atoms with Gasteiger partial charge in [0.25, 0.3) is 0 Å². The van der Waals surface area contributed by atoms with Crippen LogP contribution in [0.3, 0.4) is 0 Å². The summed E-state index contributed by atoms with van der Waals surface area (Å²) in [7, 11) is 1.54. The third kappa shape index (κ3) is 5.72. The van der Waals surface area contributed by atoms with Gasteiger partial charge in [0.1, 0.15) is 6.33 Å². The topological polar surface area (TPSA) is 126 Å². The van der Waals surface area contributed by atoms with Gasteiger partial charge in [-0.3, -0.25) is 10.1 Å². The zero-order valence-electron chi connectivity index (χ0n) is 18.7. The first kappa shape index (κ1) is 25.2. The lowest BCUT2D eigenvalue weighted by Gasteiger charge is -2.17. The molecule has 2 unspecified atom stereocenters. The zero-order chi connectivity index (χ0) is 24.8. The standard InChI is InChI=1S/C23H22Cl2N6O3/c1-13-8-17(18(10-26)15-4-6-16(24)7-5-15)19(25)9-20(13)30-23-21(31(32)33)22(27-12-28-23)29-14(2)11-34-3/h4-9,12,14,18H,11H2,1-3H3,(H2,27,28,29,30). The van der Waals surface area contributed by atoms with Crippen LogP contribution < -0.4 is 10.6 Å². The molecule has 1 heterocycles. The van der Waals surface area contributed by atoms with Crippen LogP contribution in [0.1, 0.15) is 29.5 Å². The number of aromatic nitrogens is 2. The van der Waals surface area contributed by atoms with E-state index >= 15 is 0 Å². The van der Waals surface area contributed by atoms with Gasteiger partial charge in [-0.1, -0.05) is 41.4 Å². The molecule has 1 aromatic heterocycles. The Hall–Kier alpha value is -3.45. The number of methoxy groups -OCH3 is 1. The molecule has 2 N–H and O–H groups in total. The molecule has 9 nitrogen and oxygen atoms in total. The summed E-state index contributed by atoms with van der Waals surface area (Å²) in [5.74, 6) is -0.530. The van der Waals surface area contributed by atoms with Gasteiger partial charge < -0.3 is 15.4 Å². The monoisotopic (exact) mass is 500 g/mol. The largest absolute Gasteiger partial charge is 0.383 e. The summed E-state index contributed by atoms with van der Waals surface area (Å²) >= 11 is 12.5. The Morgan fingerprint density at radius 1 is 1.21 bits per heavy atom. The minimum atomic E-state index is -0.607. The smallest absolute Gasteiger partial charge is 0.353 e. The van der Waals surface area contributed by atoms with E-state index in [1.165, 1.54) is 6.33 Å². The average Bonchev–Trinajstić information content (AvgIpc) is 2.78. The lowest BCUT2D eigenvalue weighted by atomic mass is 9.91. The molecule has 0 aliphatic rings. The first-order valence-electron chi connectivity index (χ1n) is 10.2. The lowest BCUT2D eigenvalue weighted by molar-refractivity contribution is -0.383. The number of halogens is 2. The summed E-state index contributed by atoms with van der Waals surface area (Å²) in [5.41, 5.74) is 2.30. The molecule has 2 atom stereocenters. The first-order valence-corrected chi connectivity index (χ1v) is 11.0. The number of aryl methyl sites for hydroxylation is 1. The first-order chi connectivity index (χ1) is 16.2. The van der Waals surface area contributed by atoms with Crippen LogP contribution in [-0.4, -0.2) is 34.6 Å². The predicted octanol–water partition coefficient (Wildman–Crippen LogP) is 5.85. The van der Waals surface area contributed by atoms with Crippen LogP contribution in [0.15, 0.2) is 42.7 Å². The van der Waals surface area contributed by atoms with E-state index in [1.807, 2.05) is 13.8 Å². The molecule has 0 aliphatic heterocycles. The molecule has 0 saturated heterocycles. The number of hydrogen-bond acceptors (Lipinski definition) is 8. The normalized spacial score (nSPS) is 12.5. The quantitative estimate of drug-likeness (QED) is 0.276. The highest BCUT2D eigenvalue weighted by molar-refractivity contribution is 6.32. The van der Waals surface area contributed by atoms with E-state index < -0.39 is 10.8 Å². The van der Waals surface area contributed by atoms with E-state index in [9.17, 15) is 15.4 Å². The number of hydrogen-bond donors (Lipinski definition) is 2. The summed E-state index contributed by atoms with van der Waals surface area (Å²) in [5, 5.41) is 28.5. The van der Waals surface area contributed by atoms with Gasteiger partial charge in [-0.15, -0.1) is 0 Å². The molecule has 2 aromatic carbocycles. The highest BCUT2D eigenvalue weighted by atomic mass is 35.5. The van der Waals surface area contributed by atoms with Crippen molar-refractivity contribution in [2.24, 2.45) is 0 Å². The van der Waals surface area contributed by atoms with Crippen molar-refractivity contribution in [2.75, 3.05) is 24.4 Å². The predicted molar refractivity (Wildman–Crippen MR) is 132 cm³/mol. The summed E-state index contributed by atoms with van der Waals surface area (Å²) in [4.78, 5) is 19.4. The number of ether oxygens (including phenoxy) is 1. The number of nitriles is 1. The maximum Gasteiger partial charge on any atom is 0.353 e. The maximum absolute atomic E-state index is 11.8. The molecule has 0 fully saturated rings. The highest BCUT2D eigenvalue weighted by Gasteiger charge is 2.25. The number of nitro groups is 1. The fourth-order valence-electron chi connectivity index (χ4n) is 3.44. The molecule has 0 aliphatic carbocycles. The van der Waals surface area contributed by atoms with Crippen molar-refractivity contribution in [2.45, 2.75) is 25.8 Å². The van der Waals surface area contributed by atoms with Crippen LogP contribution in [0.2, 0.25) is 10.0 Å². The molecular formula is C23H22Cl2N6O3. The van der Waals surface area contributed by atoms with Gasteiger partial charge in [0.15, 0.2) is 0 Å². The Balaban J connectivity index is 1.97. The Labute approximate surface area is 206 Å². The molecule has 0 amide bonds. The molecule has 3 aromatic rings. The van der Waals surface area contributed by atoms with E-state index in [0.717, 1.165) is 11.1 Å².